The number of pyridine rings is 1. The molecular weight excluding hydrogens is 466 g/mol. The average molecular weight is 498 g/mol. The summed E-state index contributed by atoms with van der Waals surface area (Å²) in [5.74, 6) is 0.0677. The number of nitrogens with one attached hydrogen (secondary N) is 3. The van der Waals surface area contributed by atoms with E-state index in [1.807, 2.05) is 6.92 Å². The number of nitrogens with zero attached hydrogens (tertiary/aromatic N) is 2. The van der Waals surface area contributed by atoms with Crippen molar-refractivity contribution in [1.82, 2.24) is 19.9 Å². The van der Waals surface area contributed by atoms with Gasteiger partial charge in [-0.15, -0.1) is 0 Å². The summed E-state index contributed by atoms with van der Waals surface area (Å²) in [7, 11) is -3.98. The van der Waals surface area contributed by atoms with E-state index in [1.165, 1.54) is 30.1 Å². The van der Waals surface area contributed by atoms with Gasteiger partial charge in [0.15, 0.2) is 0 Å². The van der Waals surface area contributed by atoms with Crippen molar-refractivity contribution < 1.29 is 18.0 Å². The fraction of sp³-hybridized carbons (Fsp3) is 0.400. The van der Waals surface area contributed by atoms with Gasteiger partial charge in [0.25, 0.3) is 10.0 Å². The maximum atomic E-state index is 13.1. The van der Waals surface area contributed by atoms with E-state index in [0.717, 1.165) is 60.0 Å². The fourth-order valence-electron chi connectivity index (χ4n) is 4.19. The molecule has 2 aliphatic rings. The van der Waals surface area contributed by atoms with E-state index < -0.39 is 22.0 Å². The quantitative estimate of drug-likeness (QED) is 0.457. The number of carbonyl (C=O) groups is 2. The molecule has 0 radical (unpaired) electrons. The van der Waals surface area contributed by atoms with Crippen molar-refractivity contribution in [2.24, 2.45) is 0 Å². The van der Waals surface area contributed by atoms with Crippen molar-refractivity contribution in [2.45, 2.75) is 56.4 Å². The van der Waals surface area contributed by atoms with Gasteiger partial charge in [0.2, 0.25) is 11.8 Å². The van der Waals surface area contributed by atoms with Crippen LogP contribution in [0.5, 0.6) is 0 Å². The van der Waals surface area contributed by atoms with Crippen molar-refractivity contribution in [2.75, 3.05) is 18.4 Å². The summed E-state index contributed by atoms with van der Waals surface area (Å²) in [6, 6.07) is 9.41. The number of hydrogen-bond acceptors (Lipinski definition) is 6. The normalized spacial score (nSPS) is 17.3. The highest BCUT2D eigenvalue weighted by Gasteiger charge is 2.36. The molecule has 3 N–H and O–H groups in total. The van der Waals surface area contributed by atoms with Crippen LogP contribution in [0.15, 0.2) is 53.7 Å². The van der Waals surface area contributed by atoms with Crippen LogP contribution in [0.3, 0.4) is 0 Å². The summed E-state index contributed by atoms with van der Waals surface area (Å²) in [6.45, 7) is 3.25. The van der Waals surface area contributed by atoms with Gasteiger partial charge < -0.3 is 16.0 Å². The van der Waals surface area contributed by atoms with Crippen LogP contribution in [0.2, 0.25) is 0 Å². The molecule has 0 spiro atoms. The Labute approximate surface area is 206 Å². The first-order chi connectivity index (χ1) is 16.8. The topological polar surface area (TPSA) is 121 Å². The van der Waals surface area contributed by atoms with Crippen LogP contribution in [0.1, 0.15) is 42.5 Å². The largest absolute Gasteiger partial charge is 0.370 e. The number of fused-ring (bicyclic) bond motifs is 1. The first-order valence-corrected chi connectivity index (χ1v) is 13.4. The third-order valence-corrected chi connectivity index (χ3v) is 7.96. The van der Waals surface area contributed by atoms with E-state index in [4.69, 9.17) is 0 Å². The Morgan fingerprint density at radius 1 is 1.17 bits per heavy atom. The highest BCUT2D eigenvalue weighted by Crippen LogP contribution is 2.23. The molecule has 1 aromatic carbocycles. The predicted octanol–water partition coefficient (Wildman–Crippen LogP) is 2.24. The van der Waals surface area contributed by atoms with E-state index in [2.05, 4.69) is 33.1 Å². The number of anilines is 1. The molecule has 3 heterocycles. The number of aromatic nitrogens is 1. The van der Waals surface area contributed by atoms with Crippen molar-refractivity contribution in [3.63, 3.8) is 0 Å². The van der Waals surface area contributed by atoms with Gasteiger partial charge in [-0.05, 0) is 62.8 Å². The lowest BCUT2D eigenvalue weighted by molar-refractivity contribution is -0.129. The van der Waals surface area contributed by atoms with Crippen molar-refractivity contribution in [3.8, 4) is 0 Å². The first-order valence-electron chi connectivity index (χ1n) is 11.9. The van der Waals surface area contributed by atoms with Gasteiger partial charge in [0.1, 0.15) is 11.9 Å². The molecule has 4 rings (SSSR count). The molecule has 2 aliphatic heterocycles. The molecule has 9 nitrogen and oxygen atoms in total. The summed E-state index contributed by atoms with van der Waals surface area (Å²) < 4.78 is 27.2. The Hall–Kier alpha value is -3.40. The molecule has 0 fully saturated rings. The molecule has 1 aromatic heterocycles. The Bertz CT molecular complexity index is 1210. The molecule has 0 aliphatic carbocycles. The SMILES string of the molecule is Cc1ccc(S(=O)(=O)N2C=CNC(=O)[C@H]2CC(=O)NCCCCc2ccc3c(n2)NCCC3)cc1. The molecular formula is C25H31N5O4S. The third-order valence-electron chi connectivity index (χ3n) is 6.17. The van der Waals surface area contributed by atoms with Crippen LogP contribution in [0, 0.1) is 6.92 Å². The zero-order chi connectivity index (χ0) is 24.8. The average Bonchev–Trinajstić information content (AvgIpc) is 2.85. The molecule has 10 heteroatoms. The van der Waals surface area contributed by atoms with E-state index in [0.29, 0.717) is 6.54 Å². The van der Waals surface area contributed by atoms with Crippen LogP contribution in [0.25, 0.3) is 0 Å². The molecule has 35 heavy (non-hydrogen) atoms. The second kappa shape index (κ2) is 10.9. The van der Waals surface area contributed by atoms with Crippen LogP contribution in [-0.4, -0.2) is 48.7 Å². The zero-order valence-electron chi connectivity index (χ0n) is 19.8. The molecule has 0 bridgehead atoms. The van der Waals surface area contributed by atoms with Crippen LogP contribution >= 0.6 is 0 Å². The Morgan fingerprint density at radius 3 is 2.77 bits per heavy atom. The lowest BCUT2D eigenvalue weighted by atomic mass is 10.1. The number of amides is 2. The Balaban J connectivity index is 1.28. The number of unbranched alkanes of at least 4 members (excludes halogenated alkanes) is 1. The van der Waals surface area contributed by atoms with Gasteiger partial charge in [-0.2, -0.15) is 0 Å². The zero-order valence-corrected chi connectivity index (χ0v) is 20.6. The highest BCUT2D eigenvalue weighted by atomic mass is 32.2. The summed E-state index contributed by atoms with van der Waals surface area (Å²) in [5.41, 5.74) is 3.20. The third kappa shape index (κ3) is 6.00. The van der Waals surface area contributed by atoms with Crippen molar-refractivity contribution >= 4 is 27.7 Å². The number of benzene rings is 1. The molecule has 186 valence electrons. The Kier molecular flexibility index (Phi) is 7.70. The number of sulfonamides is 1. The monoisotopic (exact) mass is 497 g/mol. The molecule has 0 unspecified atom stereocenters. The van der Waals surface area contributed by atoms with Gasteiger partial charge in [0, 0.05) is 31.2 Å². The maximum absolute atomic E-state index is 13.1. The first kappa shape index (κ1) is 24.7. The number of aryl methyl sites for hydroxylation is 3. The number of rotatable bonds is 9. The molecule has 2 amide bonds. The summed E-state index contributed by atoms with van der Waals surface area (Å²) in [5, 5.41) is 8.64. The van der Waals surface area contributed by atoms with Gasteiger partial charge >= 0.3 is 0 Å². The molecule has 0 saturated carbocycles. The van der Waals surface area contributed by atoms with E-state index >= 15 is 0 Å². The second-order valence-electron chi connectivity index (χ2n) is 8.84. The minimum atomic E-state index is -3.98. The lowest BCUT2D eigenvalue weighted by Crippen LogP contribution is -2.51. The van der Waals surface area contributed by atoms with Crippen LogP contribution in [-0.2, 0) is 32.5 Å². The van der Waals surface area contributed by atoms with Crippen molar-refractivity contribution in [1.29, 1.82) is 0 Å². The molecule has 1 atom stereocenters. The predicted molar refractivity (Wildman–Crippen MR) is 133 cm³/mol. The molecule has 0 saturated heterocycles. The molecule has 2 aromatic rings. The van der Waals surface area contributed by atoms with Gasteiger partial charge in [-0.1, -0.05) is 23.8 Å². The maximum Gasteiger partial charge on any atom is 0.264 e. The van der Waals surface area contributed by atoms with Gasteiger partial charge in [-0.25, -0.2) is 13.4 Å². The summed E-state index contributed by atoms with van der Waals surface area (Å²) >= 11 is 0. The fourth-order valence-corrected chi connectivity index (χ4v) is 5.64. The number of carbonyl (C=O) groups excluding carboxylic acids is 2. The lowest BCUT2D eigenvalue weighted by Gasteiger charge is -2.31. The summed E-state index contributed by atoms with van der Waals surface area (Å²) in [4.78, 5) is 29.7. The van der Waals surface area contributed by atoms with E-state index in [9.17, 15) is 18.0 Å². The van der Waals surface area contributed by atoms with Gasteiger partial charge in [-0.3, -0.25) is 13.9 Å². The van der Waals surface area contributed by atoms with E-state index in [-0.39, 0.29) is 17.2 Å². The minimum Gasteiger partial charge on any atom is -0.370 e. The smallest absolute Gasteiger partial charge is 0.264 e. The van der Waals surface area contributed by atoms with Crippen LogP contribution in [0.4, 0.5) is 5.82 Å². The van der Waals surface area contributed by atoms with Crippen molar-refractivity contribution in [3.05, 3.63) is 65.6 Å². The number of hydrogen-bond donors (Lipinski definition) is 3. The van der Waals surface area contributed by atoms with E-state index in [1.54, 1.807) is 12.1 Å². The standard InChI is InChI=1S/C25H31N5O4S/c1-18-7-11-21(12-8-18)35(33,34)30-16-15-28-25(32)22(30)17-23(31)26-13-3-2-6-20-10-9-19-5-4-14-27-24(19)29-20/h7-12,15-16,22H,2-6,13-14,17H2,1H3,(H,26,31)(H,27,29)(H,28,32)/t22-/m1/s1. The Morgan fingerprint density at radius 2 is 1.97 bits per heavy atom. The van der Waals surface area contributed by atoms with Gasteiger partial charge in [0.05, 0.1) is 11.3 Å². The minimum absolute atomic E-state index is 0.0684. The second-order valence-corrected chi connectivity index (χ2v) is 10.7. The highest BCUT2D eigenvalue weighted by molar-refractivity contribution is 7.89. The summed E-state index contributed by atoms with van der Waals surface area (Å²) in [6.07, 6.45) is 6.89. The van der Waals surface area contributed by atoms with Crippen LogP contribution < -0.4 is 16.0 Å².